The summed E-state index contributed by atoms with van der Waals surface area (Å²) in [5.41, 5.74) is 6.80. The van der Waals surface area contributed by atoms with Gasteiger partial charge in [-0.25, -0.2) is 8.78 Å². The maximum atomic E-state index is 13.2. The summed E-state index contributed by atoms with van der Waals surface area (Å²) in [5, 5.41) is 0. The Labute approximate surface area is 107 Å². The van der Waals surface area contributed by atoms with E-state index in [1.807, 2.05) is 6.92 Å². The van der Waals surface area contributed by atoms with E-state index < -0.39 is 11.6 Å². The van der Waals surface area contributed by atoms with Crippen LogP contribution >= 0.6 is 0 Å². The van der Waals surface area contributed by atoms with Crippen molar-refractivity contribution in [3.63, 3.8) is 0 Å². The van der Waals surface area contributed by atoms with Gasteiger partial charge in [-0.15, -0.1) is 0 Å². The van der Waals surface area contributed by atoms with E-state index in [1.54, 1.807) is 6.07 Å². The zero-order valence-electron chi connectivity index (χ0n) is 10.7. The Morgan fingerprint density at radius 2 is 2.11 bits per heavy atom. The molecule has 0 aromatic heterocycles. The van der Waals surface area contributed by atoms with Gasteiger partial charge in [-0.05, 0) is 44.0 Å². The summed E-state index contributed by atoms with van der Waals surface area (Å²) < 4.78 is 26.0. The Bertz CT molecular complexity index is 407. The molecule has 4 heteroatoms. The van der Waals surface area contributed by atoms with Crippen LogP contribution in [0.2, 0.25) is 0 Å². The van der Waals surface area contributed by atoms with Crippen LogP contribution in [0.5, 0.6) is 0 Å². The summed E-state index contributed by atoms with van der Waals surface area (Å²) in [4.78, 5) is 2.28. The Hall–Kier alpha value is -1.00. The fourth-order valence-corrected chi connectivity index (χ4v) is 2.68. The molecular formula is C14H20F2N2. The van der Waals surface area contributed by atoms with Crippen LogP contribution in [0.25, 0.3) is 0 Å². The maximum absolute atomic E-state index is 13.2. The molecule has 2 rings (SSSR count). The van der Waals surface area contributed by atoms with E-state index in [0.29, 0.717) is 12.6 Å². The van der Waals surface area contributed by atoms with E-state index in [9.17, 15) is 8.78 Å². The van der Waals surface area contributed by atoms with Crippen LogP contribution in [0.1, 0.15) is 31.7 Å². The summed E-state index contributed by atoms with van der Waals surface area (Å²) in [6.07, 6.45) is 3.43. The summed E-state index contributed by atoms with van der Waals surface area (Å²) >= 11 is 0. The fourth-order valence-electron chi connectivity index (χ4n) is 2.68. The van der Waals surface area contributed by atoms with Crippen molar-refractivity contribution in [2.75, 3.05) is 6.54 Å². The lowest BCUT2D eigenvalue weighted by atomic mass is 9.96. The zero-order chi connectivity index (χ0) is 13.1. The highest BCUT2D eigenvalue weighted by molar-refractivity contribution is 5.18. The molecule has 1 fully saturated rings. The highest BCUT2D eigenvalue weighted by atomic mass is 19.2. The van der Waals surface area contributed by atoms with Crippen LogP contribution in [0, 0.1) is 11.6 Å². The minimum Gasteiger partial charge on any atom is -0.327 e. The lowest BCUT2D eigenvalue weighted by Gasteiger charge is -2.38. The molecule has 0 amide bonds. The first-order valence-electron chi connectivity index (χ1n) is 6.51. The number of piperidine rings is 1. The van der Waals surface area contributed by atoms with Crippen LogP contribution in [-0.2, 0) is 6.54 Å². The molecule has 2 atom stereocenters. The van der Waals surface area contributed by atoms with Crippen LogP contribution in [0.3, 0.4) is 0 Å². The van der Waals surface area contributed by atoms with Gasteiger partial charge >= 0.3 is 0 Å². The molecule has 0 spiro atoms. The van der Waals surface area contributed by atoms with Gasteiger partial charge in [0.1, 0.15) is 0 Å². The van der Waals surface area contributed by atoms with Crippen LogP contribution in [0.15, 0.2) is 18.2 Å². The van der Waals surface area contributed by atoms with Gasteiger partial charge in [0, 0.05) is 18.6 Å². The lowest BCUT2D eigenvalue weighted by Crippen LogP contribution is -2.48. The van der Waals surface area contributed by atoms with Gasteiger partial charge in [0.15, 0.2) is 11.6 Å². The van der Waals surface area contributed by atoms with Gasteiger partial charge in [0.05, 0.1) is 0 Å². The molecule has 1 aromatic rings. The van der Waals surface area contributed by atoms with Crippen molar-refractivity contribution in [2.24, 2.45) is 5.73 Å². The minimum absolute atomic E-state index is 0.107. The monoisotopic (exact) mass is 254 g/mol. The van der Waals surface area contributed by atoms with Gasteiger partial charge < -0.3 is 5.73 Å². The van der Waals surface area contributed by atoms with Gasteiger partial charge in [-0.1, -0.05) is 12.5 Å². The van der Waals surface area contributed by atoms with Crippen molar-refractivity contribution in [1.82, 2.24) is 4.90 Å². The second-order valence-corrected chi connectivity index (χ2v) is 5.14. The normalized spacial score (nSPS) is 23.0. The quantitative estimate of drug-likeness (QED) is 0.898. The SMILES string of the molecule is CC(N)C1CCCCN1Cc1ccc(F)c(F)c1. The average Bonchev–Trinajstić information content (AvgIpc) is 2.34. The Kier molecular flexibility index (Phi) is 4.30. The van der Waals surface area contributed by atoms with Gasteiger partial charge in [-0.2, -0.15) is 0 Å². The van der Waals surface area contributed by atoms with E-state index in [4.69, 9.17) is 5.73 Å². The molecular weight excluding hydrogens is 234 g/mol. The van der Waals surface area contributed by atoms with Crippen molar-refractivity contribution < 1.29 is 8.78 Å². The zero-order valence-corrected chi connectivity index (χ0v) is 10.7. The number of hydrogen-bond acceptors (Lipinski definition) is 2. The molecule has 1 aliphatic heterocycles. The molecule has 0 bridgehead atoms. The largest absolute Gasteiger partial charge is 0.327 e. The minimum atomic E-state index is -0.791. The Balaban J connectivity index is 2.08. The third-order valence-electron chi connectivity index (χ3n) is 3.64. The first-order chi connectivity index (χ1) is 8.58. The summed E-state index contributed by atoms with van der Waals surface area (Å²) in [7, 11) is 0. The molecule has 0 saturated carbocycles. The summed E-state index contributed by atoms with van der Waals surface area (Å²) in [6, 6.07) is 4.56. The van der Waals surface area contributed by atoms with Gasteiger partial charge in [0.2, 0.25) is 0 Å². The molecule has 1 aromatic carbocycles. The molecule has 0 aliphatic carbocycles. The Morgan fingerprint density at radius 3 is 2.78 bits per heavy atom. The van der Waals surface area contributed by atoms with Crippen LogP contribution in [-0.4, -0.2) is 23.5 Å². The van der Waals surface area contributed by atoms with Crippen LogP contribution in [0.4, 0.5) is 8.78 Å². The number of halogens is 2. The number of hydrogen-bond donors (Lipinski definition) is 1. The van der Waals surface area contributed by atoms with Crippen LogP contribution < -0.4 is 5.73 Å². The third-order valence-corrected chi connectivity index (χ3v) is 3.64. The van der Waals surface area contributed by atoms with Crippen molar-refractivity contribution in [1.29, 1.82) is 0 Å². The predicted molar refractivity (Wildman–Crippen MR) is 68.1 cm³/mol. The number of nitrogens with zero attached hydrogens (tertiary/aromatic N) is 1. The van der Waals surface area contributed by atoms with E-state index in [1.165, 1.54) is 18.6 Å². The third kappa shape index (κ3) is 3.06. The average molecular weight is 254 g/mol. The second-order valence-electron chi connectivity index (χ2n) is 5.14. The highest BCUT2D eigenvalue weighted by Crippen LogP contribution is 2.22. The predicted octanol–water partition coefficient (Wildman–Crippen LogP) is 2.67. The molecule has 1 aliphatic rings. The number of likely N-dealkylation sites (tertiary alicyclic amines) is 1. The first kappa shape index (κ1) is 13.4. The molecule has 18 heavy (non-hydrogen) atoms. The smallest absolute Gasteiger partial charge is 0.159 e. The highest BCUT2D eigenvalue weighted by Gasteiger charge is 2.25. The van der Waals surface area contributed by atoms with Crippen molar-refractivity contribution in [3.8, 4) is 0 Å². The van der Waals surface area contributed by atoms with Crippen molar-refractivity contribution in [2.45, 2.75) is 44.8 Å². The molecule has 1 heterocycles. The van der Waals surface area contributed by atoms with Crippen molar-refractivity contribution >= 4 is 0 Å². The van der Waals surface area contributed by atoms with E-state index in [-0.39, 0.29) is 6.04 Å². The molecule has 2 nitrogen and oxygen atoms in total. The summed E-state index contributed by atoms with van der Waals surface area (Å²) in [5.74, 6) is -1.57. The molecule has 0 radical (unpaired) electrons. The van der Waals surface area contributed by atoms with Crippen molar-refractivity contribution in [3.05, 3.63) is 35.4 Å². The van der Waals surface area contributed by atoms with E-state index in [0.717, 1.165) is 24.9 Å². The second kappa shape index (κ2) is 5.76. The maximum Gasteiger partial charge on any atom is 0.159 e. The van der Waals surface area contributed by atoms with E-state index >= 15 is 0 Å². The number of rotatable bonds is 3. The molecule has 1 saturated heterocycles. The number of benzene rings is 1. The molecule has 2 N–H and O–H groups in total. The number of nitrogens with two attached hydrogens (primary N) is 1. The molecule has 100 valence electrons. The van der Waals surface area contributed by atoms with E-state index in [2.05, 4.69) is 4.90 Å². The van der Waals surface area contributed by atoms with Gasteiger partial charge in [-0.3, -0.25) is 4.90 Å². The lowest BCUT2D eigenvalue weighted by molar-refractivity contribution is 0.123. The fraction of sp³-hybridized carbons (Fsp3) is 0.571. The first-order valence-corrected chi connectivity index (χ1v) is 6.51. The molecule has 2 unspecified atom stereocenters. The Morgan fingerprint density at radius 1 is 1.33 bits per heavy atom. The topological polar surface area (TPSA) is 29.3 Å². The standard InChI is InChI=1S/C14H20F2N2/c1-10(17)14-4-2-3-7-18(14)9-11-5-6-12(15)13(16)8-11/h5-6,8,10,14H,2-4,7,9,17H2,1H3. The van der Waals surface area contributed by atoms with Gasteiger partial charge in [0.25, 0.3) is 0 Å². The summed E-state index contributed by atoms with van der Waals surface area (Å²) in [6.45, 7) is 3.63.